The van der Waals surface area contributed by atoms with Crippen LogP contribution in [0.15, 0.2) is 78.4 Å². The summed E-state index contributed by atoms with van der Waals surface area (Å²) in [6.07, 6.45) is 1.17. The van der Waals surface area contributed by atoms with Gasteiger partial charge < -0.3 is 58.3 Å². The van der Waals surface area contributed by atoms with Gasteiger partial charge in [0.2, 0.25) is 0 Å². The minimum atomic E-state index is -1.97. The van der Waals surface area contributed by atoms with Crippen LogP contribution in [-0.2, 0) is 42.7 Å². The number of ether oxygens (including phenoxy) is 8. The van der Waals surface area contributed by atoms with E-state index in [0.717, 1.165) is 11.1 Å². The Morgan fingerprint density at radius 1 is 0.831 bits per heavy atom. The van der Waals surface area contributed by atoms with E-state index in [4.69, 9.17) is 37.9 Å². The van der Waals surface area contributed by atoms with E-state index in [9.17, 15) is 30.0 Å². The Labute approximate surface area is 382 Å². The van der Waals surface area contributed by atoms with E-state index >= 15 is 0 Å². The third kappa shape index (κ3) is 8.33. The maximum Gasteiger partial charge on any atom is 0.338 e. The zero-order valence-corrected chi connectivity index (χ0v) is 38.7. The highest BCUT2D eigenvalue weighted by Crippen LogP contribution is 2.71. The highest BCUT2D eigenvalue weighted by Gasteiger charge is 2.81. The monoisotopic (exact) mass is 904 g/mol. The highest BCUT2D eigenvalue weighted by molar-refractivity contribution is 5.89. The molecule has 2 aliphatic heterocycles. The van der Waals surface area contributed by atoms with Crippen molar-refractivity contribution in [3.63, 3.8) is 0 Å². The number of rotatable bonds is 12. The molecule has 14 heteroatoms. The molecule has 356 valence electrons. The zero-order valence-electron chi connectivity index (χ0n) is 38.7. The van der Waals surface area contributed by atoms with E-state index in [0.29, 0.717) is 37.7 Å². The van der Waals surface area contributed by atoms with Gasteiger partial charge in [0.15, 0.2) is 12.6 Å². The van der Waals surface area contributed by atoms with Crippen LogP contribution in [0, 0.1) is 16.7 Å². The summed E-state index contributed by atoms with van der Waals surface area (Å²) in [5.41, 5.74) is -5.75. The molecule has 2 aromatic rings. The van der Waals surface area contributed by atoms with Crippen LogP contribution in [-0.4, -0.2) is 131 Å². The summed E-state index contributed by atoms with van der Waals surface area (Å²) < 4.78 is 49.3. The van der Waals surface area contributed by atoms with Crippen molar-refractivity contribution in [1.29, 1.82) is 0 Å². The summed E-state index contributed by atoms with van der Waals surface area (Å²) >= 11 is 0. The quantitative estimate of drug-likeness (QED) is 0.113. The summed E-state index contributed by atoms with van der Waals surface area (Å²) in [5, 5.41) is 49.9. The molecule has 14 nitrogen and oxygen atoms in total. The van der Waals surface area contributed by atoms with Gasteiger partial charge >= 0.3 is 11.9 Å². The first-order valence-electron chi connectivity index (χ1n) is 23.3. The van der Waals surface area contributed by atoms with Crippen LogP contribution < -0.4 is 0 Å². The van der Waals surface area contributed by atoms with Crippen LogP contribution in [0.1, 0.15) is 108 Å². The number of carbonyl (C=O) groups excluding carboxylic acids is 2. The van der Waals surface area contributed by atoms with Crippen LogP contribution in [0.3, 0.4) is 0 Å². The Morgan fingerprint density at radius 2 is 1.48 bits per heavy atom. The van der Waals surface area contributed by atoms with Gasteiger partial charge in [0, 0.05) is 39.1 Å². The zero-order chi connectivity index (χ0) is 46.5. The van der Waals surface area contributed by atoms with Gasteiger partial charge in [-0.25, -0.2) is 9.59 Å². The number of carbonyl (C=O) groups is 2. The molecule has 0 amide bonds. The van der Waals surface area contributed by atoms with E-state index in [1.54, 1.807) is 71.4 Å². The number of esters is 2. The molecule has 0 bridgehead atoms. The predicted octanol–water partition coefficient (Wildman–Crippen LogP) is 5.82. The number of hydrogen-bond donors (Lipinski definition) is 4. The molecular formula is C51H68O14. The van der Waals surface area contributed by atoms with E-state index in [1.165, 1.54) is 6.08 Å². The topological polar surface area (TPSA) is 189 Å². The molecular weight excluding hydrogens is 837 g/mol. The molecule has 2 heterocycles. The van der Waals surface area contributed by atoms with Crippen LogP contribution >= 0.6 is 0 Å². The summed E-state index contributed by atoms with van der Waals surface area (Å²) in [5.74, 6) is -1.88. The van der Waals surface area contributed by atoms with Crippen molar-refractivity contribution < 1.29 is 67.9 Å². The van der Waals surface area contributed by atoms with Crippen LogP contribution in [0.4, 0.5) is 0 Å². The number of aliphatic hydroxyl groups is 4. The van der Waals surface area contributed by atoms with Crippen molar-refractivity contribution in [1.82, 2.24) is 0 Å². The van der Waals surface area contributed by atoms with Crippen molar-refractivity contribution in [2.75, 3.05) is 14.2 Å². The molecule has 4 N–H and O–H groups in total. The van der Waals surface area contributed by atoms with Gasteiger partial charge in [0.1, 0.15) is 41.2 Å². The van der Waals surface area contributed by atoms with Crippen LogP contribution in [0.2, 0.25) is 0 Å². The fraction of sp³-hybridized carbons (Fsp3) is 0.647. The number of fused-ring (bicyclic) bond motifs is 5. The fourth-order valence-electron chi connectivity index (χ4n) is 12.6. The van der Waals surface area contributed by atoms with E-state index < -0.39 is 101 Å². The molecule has 6 aliphatic rings. The van der Waals surface area contributed by atoms with E-state index in [-0.39, 0.29) is 37.9 Å². The van der Waals surface area contributed by atoms with Crippen LogP contribution in [0.5, 0.6) is 0 Å². The van der Waals surface area contributed by atoms with Crippen LogP contribution in [0.25, 0.3) is 6.08 Å². The predicted molar refractivity (Wildman–Crippen MR) is 237 cm³/mol. The lowest BCUT2D eigenvalue weighted by Crippen LogP contribution is -2.78. The van der Waals surface area contributed by atoms with Gasteiger partial charge in [-0.15, -0.1) is 0 Å². The molecule has 8 rings (SSSR count). The molecule has 5 fully saturated rings. The minimum absolute atomic E-state index is 0.0216. The first-order chi connectivity index (χ1) is 30.9. The number of benzene rings is 2. The minimum Gasteiger partial charge on any atom is -0.458 e. The first-order valence-corrected chi connectivity index (χ1v) is 23.3. The summed E-state index contributed by atoms with van der Waals surface area (Å²) in [6.45, 7) is 9.08. The van der Waals surface area contributed by atoms with Crippen molar-refractivity contribution in [3.05, 3.63) is 89.5 Å². The van der Waals surface area contributed by atoms with Gasteiger partial charge in [-0.05, 0) is 94.9 Å². The van der Waals surface area contributed by atoms with Crippen molar-refractivity contribution in [2.45, 2.75) is 177 Å². The Hall–Kier alpha value is -3.54. The lowest BCUT2D eigenvalue weighted by atomic mass is 9.42. The molecule has 0 unspecified atom stereocenters. The maximum absolute atomic E-state index is 14.0. The van der Waals surface area contributed by atoms with Gasteiger partial charge in [-0.3, -0.25) is 0 Å². The molecule has 3 saturated carbocycles. The smallest absolute Gasteiger partial charge is 0.338 e. The van der Waals surface area contributed by atoms with Crippen molar-refractivity contribution in [3.8, 4) is 0 Å². The number of aliphatic hydroxyl groups excluding tert-OH is 1. The summed E-state index contributed by atoms with van der Waals surface area (Å²) in [4.78, 5) is 27.2. The fourth-order valence-corrected chi connectivity index (χ4v) is 12.6. The first kappa shape index (κ1) is 47.9. The third-order valence-electron chi connectivity index (χ3n) is 16.6. The van der Waals surface area contributed by atoms with E-state index in [2.05, 4.69) is 6.92 Å². The SMILES string of the molecule is CO[C@H]1C[C@H](O[C@H]2CC[C@@]3(C)C(=CC[C@]4(O)[C@@H]3C[C@@H](OC(=O)c3ccccc3)[C@@]3(C)[C@]4(O)CC[C@@]3(O)[C@H](C)OC(=O)/C=C/c3ccccc3)C2)O[C@H](C)[C@H]1O[C@H]1C[C@@H](OC)[C@H](O)[C@@H](C)O1. The molecule has 17 atom stereocenters. The molecule has 0 spiro atoms. The second kappa shape index (κ2) is 18.5. The highest BCUT2D eigenvalue weighted by atomic mass is 16.7. The summed E-state index contributed by atoms with van der Waals surface area (Å²) in [7, 11) is 3.20. The Balaban J connectivity index is 1.01. The van der Waals surface area contributed by atoms with Gasteiger partial charge in [-0.1, -0.05) is 74.0 Å². The summed E-state index contributed by atoms with van der Waals surface area (Å²) in [6, 6.07) is 17.9. The Morgan fingerprint density at radius 3 is 2.17 bits per heavy atom. The van der Waals surface area contributed by atoms with E-state index in [1.807, 2.05) is 43.3 Å². The molecule has 65 heavy (non-hydrogen) atoms. The maximum atomic E-state index is 14.0. The average molecular weight is 905 g/mol. The number of methoxy groups -OCH3 is 2. The molecule has 2 aromatic carbocycles. The second-order valence-electron chi connectivity index (χ2n) is 19.8. The third-order valence-corrected chi connectivity index (χ3v) is 16.6. The van der Waals surface area contributed by atoms with Crippen molar-refractivity contribution in [2.24, 2.45) is 16.7 Å². The molecule has 0 radical (unpaired) electrons. The normalized spacial score (nSPS) is 43.1. The average Bonchev–Trinajstić information content (AvgIpc) is 3.53. The van der Waals surface area contributed by atoms with Gasteiger partial charge in [0.05, 0.1) is 41.5 Å². The number of hydrogen-bond acceptors (Lipinski definition) is 14. The van der Waals surface area contributed by atoms with Crippen molar-refractivity contribution >= 4 is 18.0 Å². The standard InChI is InChI=1S/C51H68O14/c1-30-44(53)37(58-6)27-43(60-30)65-45-31(2)61-42(28-38(45)59-7)63-36-21-22-47(4)35(26-36)20-23-50(56)39(47)29-40(64-46(54)34-16-12-9-13-17-34)48(5)49(55,24-25-51(48,50)57)32(3)62-41(52)19-18-33-14-10-8-11-15-33/h8-20,30-32,36-40,42-45,53,55-57H,21-29H2,1-7H3/b19-18+/t30-,31-,32+,36+,37-,38+,39-,40-,42+,43+,44-,45-,47+,48-,49-,50+,51-/m1/s1. The lowest BCUT2D eigenvalue weighted by Gasteiger charge is -2.67. The Bertz CT molecular complexity index is 2060. The van der Waals surface area contributed by atoms with Gasteiger partial charge in [0.25, 0.3) is 0 Å². The molecule has 0 aromatic heterocycles. The van der Waals surface area contributed by atoms with Gasteiger partial charge in [-0.2, -0.15) is 0 Å². The molecule has 4 aliphatic carbocycles. The lowest BCUT2D eigenvalue weighted by molar-refractivity contribution is -0.327. The largest absolute Gasteiger partial charge is 0.458 e. The second-order valence-corrected chi connectivity index (χ2v) is 19.8. The Kier molecular flexibility index (Phi) is 13.7. The molecule has 2 saturated heterocycles.